The van der Waals surface area contributed by atoms with Crippen LogP contribution in [0.25, 0.3) is 0 Å². The zero-order valence-electron chi connectivity index (χ0n) is 13.6. The van der Waals surface area contributed by atoms with Crippen LogP contribution in [0.5, 0.6) is 0 Å². The summed E-state index contributed by atoms with van der Waals surface area (Å²) < 4.78 is 27.9. The number of rotatable bonds is 4. The number of hydrogen-bond donors (Lipinski definition) is 1. The first kappa shape index (κ1) is 16.4. The summed E-state index contributed by atoms with van der Waals surface area (Å²) in [6.45, 7) is 9.07. The van der Waals surface area contributed by atoms with E-state index in [0.717, 1.165) is 19.0 Å². The van der Waals surface area contributed by atoms with E-state index >= 15 is 0 Å². The molecule has 1 fully saturated rings. The minimum absolute atomic E-state index is 0.0374. The van der Waals surface area contributed by atoms with Crippen molar-refractivity contribution in [2.45, 2.75) is 59.4 Å². The molecule has 0 heterocycles. The topological polar surface area (TPSA) is 12.0 Å². The van der Waals surface area contributed by atoms with Crippen LogP contribution in [0.15, 0.2) is 12.1 Å². The Balaban J connectivity index is 2.41. The molecule has 118 valence electrons. The maximum Gasteiger partial charge on any atom is 0.130 e. The lowest BCUT2D eigenvalue weighted by atomic mass is 9.64. The lowest BCUT2D eigenvalue weighted by molar-refractivity contribution is 0.0974. The van der Waals surface area contributed by atoms with Gasteiger partial charge in [-0.3, -0.25) is 0 Å². The zero-order chi connectivity index (χ0) is 15.6. The normalized spacial score (nSPS) is 23.0. The van der Waals surface area contributed by atoms with Gasteiger partial charge < -0.3 is 5.32 Å². The Hall–Kier alpha value is -0.960. The maximum atomic E-state index is 14.3. The molecule has 0 amide bonds. The number of nitrogens with one attached hydrogen (secondary N) is 1. The Kier molecular flexibility index (Phi) is 5.03. The minimum Gasteiger partial charge on any atom is -0.310 e. The van der Waals surface area contributed by atoms with E-state index < -0.39 is 11.6 Å². The van der Waals surface area contributed by atoms with Gasteiger partial charge in [-0.2, -0.15) is 0 Å². The van der Waals surface area contributed by atoms with Gasteiger partial charge in [0.05, 0.1) is 0 Å². The summed E-state index contributed by atoms with van der Waals surface area (Å²) in [6, 6.07) is 2.68. The van der Waals surface area contributed by atoms with Crippen molar-refractivity contribution in [2.75, 3.05) is 6.54 Å². The van der Waals surface area contributed by atoms with Crippen LogP contribution in [-0.4, -0.2) is 6.54 Å². The van der Waals surface area contributed by atoms with E-state index in [4.69, 9.17) is 0 Å². The average Bonchev–Trinajstić information content (AvgIpc) is 2.41. The number of benzene rings is 1. The largest absolute Gasteiger partial charge is 0.310 e. The SMILES string of the molecule is CCNC(c1cc(C)c(F)cc1F)C1CCCCC1(C)C. The Morgan fingerprint density at radius 2 is 1.95 bits per heavy atom. The van der Waals surface area contributed by atoms with Gasteiger partial charge in [-0.15, -0.1) is 0 Å². The van der Waals surface area contributed by atoms with E-state index in [9.17, 15) is 8.78 Å². The van der Waals surface area contributed by atoms with Crippen LogP contribution in [0, 0.1) is 29.9 Å². The molecule has 21 heavy (non-hydrogen) atoms. The van der Waals surface area contributed by atoms with Crippen LogP contribution in [0.1, 0.15) is 63.6 Å². The van der Waals surface area contributed by atoms with Gasteiger partial charge in [0.25, 0.3) is 0 Å². The third-order valence-corrected chi connectivity index (χ3v) is 5.03. The molecule has 0 aliphatic heterocycles. The summed E-state index contributed by atoms with van der Waals surface area (Å²) in [5, 5.41) is 3.45. The van der Waals surface area contributed by atoms with Crippen LogP contribution < -0.4 is 5.32 Å². The highest BCUT2D eigenvalue weighted by Gasteiger charge is 2.38. The van der Waals surface area contributed by atoms with Gasteiger partial charge in [-0.1, -0.05) is 33.6 Å². The van der Waals surface area contributed by atoms with E-state index in [2.05, 4.69) is 19.2 Å². The van der Waals surface area contributed by atoms with Gasteiger partial charge in [0.15, 0.2) is 0 Å². The Labute approximate surface area is 127 Å². The first-order chi connectivity index (χ1) is 9.86. The molecule has 3 heteroatoms. The van der Waals surface area contributed by atoms with Crippen molar-refractivity contribution in [2.24, 2.45) is 11.3 Å². The van der Waals surface area contributed by atoms with Crippen molar-refractivity contribution in [3.05, 3.63) is 34.9 Å². The summed E-state index contributed by atoms with van der Waals surface area (Å²) in [6.07, 6.45) is 4.70. The van der Waals surface area contributed by atoms with Gasteiger partial charge in [-0.25, -0.2) is 8.78 Å². The Morgan fingerprint density at radius 1 is 1.24 bits per heavy atom. The van der Waals surface area contributed by atoms with Crippen molar-refractivity contribution in [1.82, 2.24) is 5.32 Å². The molecular formula is C18H27F2N. The summed E-state index contributed by atoms with van der Waals surface area (Å²) >= 11 is 0. The van der Waals surface area contributed by atoms with E-state index in [1.54, 1.807) is 13.0 Å². The summed E-state index contributed by atoms with van der Waals surface area (Å²) in [4.78, 5) is 0. The van der Waals surface area contributed by atoms with Crippen molar-refractivity contribution in [1.29, 1.82) is 0 Å². The molecule has 2 unspecified atom stereocenters. The second kappa shape index (κ2) is 6.43. The minimum atomic E-state index is -0.464. The van der Waals surface area contributed by atoms with Gasteiger partial charge in [0.2, 0.25) is 0 Å². The van der Waals surface area contributed by atoms with Crippen LogP contribution in [0.4, 0.5) is 8.78 Å². The third-order valence-electron chi connectivity index (χ3n) is 5.03. The van der Waals surface area contributed by atoms with Gasteiger partial charge in [0.1, 0.15) is 11.6 Å². The smallest absolute Gasteiger partial charge is 0.130 e. The predicted molar refractivity (Wildman–Crippen MR) is 83.3 cm³/mol. The van der Waals surface area contributed by atoms with Crippen LogP contribution in [-0.2, 0) is 0 Å². The molecule has 1 saturated carbocycles. The van der Waals surface area contributed by atoms with Crippen molar-refractivity contribution < 1.29 is 8.78 Å². The average molecular weight is 295 g/mol. The molecule has 0 spiro atoms. The highest BCUT2D eigenvalue weighted by Crippen LogP contribution is 2.47. The monoisotopic (exact) mass is 295 g/mol. The standard InChI is InChI=1S/C18H27F2N/c1-5-21-17(14-8-6-7-9-18(14,3)4)13-10-12(2)15(19)11-16(13)20/h10-11,14,17,21H,5-9H2,1-4H3. The Morgan fingerprint density at radius 3 is 2.57 bits per heavy atom. The van der Waals surface area contributed by atoms with E-state index in [0.29, 0.717) is 17.0 Å². The number of hydrogen-bond acceptors (Lipinski definition) is 1. The van der Waals surface area contributed by atoms with Gasteiger partial charge >= 0.3 is 0 Å². The molecule has 2 atom stereocenters. The third kappa shape index (κ3) is 3.45. The summed E-state index contributed by atoms with van der Waals surface area (Å²) in [5.74, 6) is -0.509. The molecule has 0 bridgehead atoms. The second-order valence-corrected chi connectivity index (χ2v) is 7.00. The molecule has 0 aromatic heterocycles. The van der Waals surface area contributed by atoms with Crippen molar-refractivity contribution >= 4 is 0 Å². The number of halogens is 2. The molecule has 0 saturated heterocycles. The summed E-state index contributed by atoms with van der Waals surface area (Å²) in [5.41, 5.74) is 1.32. The molecule has 1 aromatic carbocycles. The van der Waals surface area contributed by atoms with E-state index in [1.165, 1.54) is 19.3 Å². The maximum absolute atomic E-state index is 14.3. The van der Waals surface area contributed by atoms with Crippen LogP contribution >= 0.6 is 0 Å². The molecule has 1 nitrogen and oxygen atoms in total. The summed E-state index contributed by atoms with van der Waals surface area (Å²) in [7, 11) is 0. The van der Waals surface area contributed by atoms with Gasteiger partial charge in [-0.05, 0) is 49.3 Å². The molecular weight excluding hydrogens is 268 g/mol. The predicted octanol–water partition coefficient (Wildman–Crippen LogP) is 5.14. The Bertz CT molecular complexity index is 496. The lowest BCUT2D eigenvalue weighted by Gasteiger charge is -2.44. The molecule has 1 aromatic rings. The molecule has 0 radical (unpaired) electrons. The first-order valence-corrected chi connectivity index (χ1v) is 8.05. The van der Waals surface area contributed by atoms with Crippen molar-refractivity contribution in [3.63, 3.8) is 0 Å². The van der Waals surface area contributed by atoms with Gasteiger partial charge in [0, 0.05) is 17.7 Å². The second-order valence-electron chi connectivity index (χ2n) is 7.00. The van der Waals surface area contributed by atoms with E-state index in [-0.39, 0.29) is 11.5 Å². The molecule has 1 aliphatic carbocycles. The lowest BCUT2D eigenvalue weighted by Crippen LogP contribution is -2.39. The van der Waals surface area contributed by atoms with E-state index in [1.807, 2.05) is 6.92 Å². The highest BCUT2D eigenvalue weighted by molar-refractivity contribution is 5.29. The van der Waals surface area contributed by atoms with Crippen LogP contribution in [0.3, 0.4) is 0 Å². The zero-order valence-corrected chi connectivity index (χ0v) is 13.6. The number of aryl methyl sites for hydroxylation is 1. The highest BCUT2D eigenvalue weighted by atomic mass is 19.1. The molecule has 2 rings (SSSR count). The molecule has 1 N–H and O–H groups in total. The van der Waals surface area contributed by atoms with Crippen LogP contribution in [0.2, 0.25) is 0 Å². The fraction of sp³-hybridized carbons (Fsp3) is 0.667. The quantitative estimate of drug-likeness (QED) is 0.811. The fourth-order valence-corrected chi connectivity index (χ4v) is 3.75. The first-order valence-electron chi connectivity index (χ1n) is 8.05. The molecule has 1 aliphatic rings. The van der Waals surface area contributed by atoms with Crippen molar-refractivity contribution in [3.8, 4) is 0 Å². The fourth-order valence-electron chi connectivity index (χ4n) is 3.75.